The molecule has 0 radical (unpaired) electrons. The smallest absolute Gasteiger partial charge is 0.142 e. The Morgan fingerprint density at radius 1 is 1.12 bits per heavy atom. The molecule has 5 heteroatoms. The van der Waals surface area contributed by atoms with Crippen LogP contribution in [0.15, 0.2) is 67.0 Å². The zero-order valence-electron chi connectivity index (χ0n) is 14.0. The van der Waals surface area contributed by atoms with Crippen LogP contribution in [0.5, 0.6) is 5.75 Å². The number of hydrogen-bond acceptors (Lipinski definition) is 4. The number of para-hydroxylation sites is 3. The minimum absolute atomic E-state index is 0.138. The fourth-order valence-corrected chi connectivity index (χ4v) is 2.99. The second-order valence-corrected chi connectivity index (χ2v) is 6.03. The van der Waals surface area contributed by atoms with Crippen LogP contribution < -0.4 is 10.1 Å². The van der Waals surface area contributed by atoms with Gasteiger partial charge in [-0.05, 0) is 29.8 Å². The maximum Gasteiger partial charge on any atom is 0.142 e. The molecule has 1 N–H and O–H groups in total. The highest BCUT2D eigenvalue weighted by Gasteiger charge is 2.18. The van der Waals surface area contributed by atoms with Crippen molar-refractivity contribution in [2.24, 2.45) is 0 Å². The lowest BCUT2D eigenvalue weighted by Crippen LogP contribution is -2.16. The van der Waals surface area contributed by atoms with Crippen molar-refractivity contribution in [2.45, 2.75) is 19.1 Å². The second kappa shape index (κ2) is 7.40. The summed E-state index contributed by atoms with van der Waals surface area (Å²) >= 11 is 0. The summed E-state index contributed by atoms with van der Waals surface area (Å²) in [7, 11) is 0. The Hall–Kier alpha value is -2.79. The number of hydrogen-bond donors (Lipinski definition) is 1. The van der Waals surface area contributed by atoms with Gasteiger partial charge in [-0.15, -0.1) is 0 Å². The monoisotopic (exact) mass is 335 g/mol. The minimum Gasteiger partial charge on any atom is -0.486 e. The van der Waals surface area contributed by atoms with Crippen LogP contribution in [-0.2, 0) is 11.3 Å². The maximum atomic E-state index is 6.09. The second-order valence-electron chi connectivity index (χ2n) is 6.03. The van der Waals surface area contributed by atoms with Gasteiger partial charge in [0.15, 0.2) is 0 Å². The van der Waals surface area contributed by atoms with Crippen LogP contribution in [0.4, 0.5) is 5.69 Å². The van der Waals surface area contributed by atoms with Crippen molar-refractivity contribution in [3.63, 3.8) is 0 Å². The molecule has 3 aromatic rings. The first-order valence-corrected chi connectivity index (χ1v) is 8.55. The molecule has 0 amide bonds. The molecule has 0 aliphatic carbocycles. The van der Waals surface area contributed by atoms with Crippen LogP contribution in [0.2, 0.25) is 0 Å². The first kappa shape index (κ1) is 15.7. The molecule has 0 bridgehead atoms. The molecule has 1 fully saturated rings. The Labute approximate surface area is 147 Å². The summed E-state index contributed by atoms with van der Waals surface area (Å²) < 4.78 is 13.4. The van der Waals surface area contributed by atoms with Gasteiger partial charge >= 0.3 is 0 Å². The normalized spacial score (nSPS) is 16.7. The molecule has 1 atom stereocenters. The van der Waals surface area contributed by atoms with Crippen molar-refractivity contribution in [1.29, 1.82) is 0 Å². The molecule has 5 nitrogen and oxygen atoms in total. The standard InChI is InChI=1S/C20H21N3O2/c1-3-8-19(23-12-5-11-22-23)16(6-1)14-21-18-7-2-4-9-20(18)25-17-10-13-24-15-17/h1-9,11-12,17,21H,10,13-15H2/t17-/m1/s1. The van der Waals surface area contributed by atoms with Gasteiger partial charge in [0.1, 0.15) is 11.9 Å². The van der Waals surface area contributed by atoms with Gasteiger partial charge in [-0.1, -0.05) is 30.3 Å². The highest BCUT2D eigenvalue weighted by Crippen LogP contribution is 2.27. The molecule has 128 valence electrons. The predicted molar refractivity (Wildman–Crippen MR) is 97.2 cm³/mol. The van der Waals surface area contributed by atoms with E-state index in [0.717, 1.165) is 30.2 Å². The van der Waals surface area contributed by atoms with E-state index in [2.05, 4.69) is 22.5 Å². The molecular formula is C20H21N3O2. The number of nitrogens with zero attached hydrogens (tertiary/aromatic N) is 2. The van der Waals surface area contributed by atoms with Crippen molar-refractivity contribution >= 4 is 5.69 Å². The molecule has 4 rings (SSSR count). The molecule has 0 unspecified atom stereocenters. The van der Waals surface area contributed by atoms with E-state index < -0.39 is 0 Å². The lowest BCUT2D eigenvalue weighted by molar-refractivity contribution is 0.142. The Balaban J connectivity index is 1.51. The van der Waals surface area contributed by atoms with Gasteiger partial charge in [-0.3, -0.25) is 0 Å². The maximum absolute atomic E-state index is 6.09. The first-order valence-electron chi connectivity index (χ1n) is 8.55. The largest absolute Gasteiger partial charge is 0.486 e. The summed E-state index contributed by atoms with van der Waals surface area (Å²) in [4.78, 5) is 0. The summed E-state index contributed by atoms with van der Waals surface area (Å²) in [6.07, 6.45) is 4.82. The van der Waals surface area contributed by atoms with E-state index in [0.29, 0.717) is 13.2 Å². The summed E-state index contributed by atoms with van der Waals surface area (Å²) in [6.45, 7) is 2.13. The van der Waals surface area contributed by atoms with Gasteiger partial charge in [0.2, 0.25) is 0 Å². The lowest BCUT2D eigenvalue weighted by Gasteiger charge is -2.17. The summed E-state index contributed by atoms with van der Waals surface area (Å²) in [5, 5.41) is 7.84. The molecule has 1 aliphatic rings. The van der Waals surface area contributed by atoms with E-state index in [1.165, 1.54) is 5.56 Å². The van der Waals surface area contributed by atoms with Crippen LogP contribution in [0.25, 0.3) is 5.69 Å². The van der Waals surface area contributed by atoms with Crippen LogP contribution >= 0.6 is 0 Å². The third-order valence-corrected chi connectivity index (χ3v) is 4.28. The lowest BCUT2D eigenvalue weighted by atomic mass is 10.1. The Morgan fingerprint density at radius 2 is 2.00 bits per heavy atom. The molecule has 0 spiro atoms. The highest BCUT2D eigenvalue weighted by atomic mass is 16.5. The van der Waals surface area contributed by atoms with Gasteiger partial charge in [0.05, 0.1) is 24.6 Å². The molecule has 25 heavy (non-hydrogen) atoms. The molecular weight excluding hydrogens is 314 g/mol. The van der Waals surface area contributed by atoms with E-state index in [-0.39, 0.29) is 6.10 Å². The van der Waals surface area contributed by atoms with E-state index in [1.807, 2.05) is 53.3 Å². The van der Waals surface area contributed by atoms with E-state index in [1.54, 1.807) is 6.20 Å². The minimum atomic E-state index is 0.138. The van der Waals surface area contributed by atoms with Crippen molar-refractivity contribution in [3.05, 3.63) is 72.6 Å². The van der Waals surface area contributed by atoms with E-state index in [9.17, 15) is 0 Å². The number of ether oxygens (including phenoxy) is 2. The SMILES string of the molecule is c1ccc(-n2cccn2)c(CNc2ccccc2O[C@@H]2CCOC2)c1. The number of anilines is 1. The third kappa shape index (κ3) is 3.67. The molecule has 2 aromatic carbocycles. The van der Waals surface area contributed by atoms with E-state index >= 15 is 0 Å². The van der Waals surface area contributed by atoms with Crippen LogP contribution in [0, 0.1) is 0 Å². The molecule has 1 aliphatic heterocycles. The number of benzene rings is 2. The fourth-order valence-electron chi connectivity index (χ4n) is 2.99. The topological polar surface area (TPSA) is 48.3 Å². The van der Waals surface area contributed by atoms with Crippen molar-refractivity contribution in [2.75, 3.05) is 18.5 Å². The van der Waals surface area contributed by atoms with Gasteiger partial charge in [-0.25, -0.2) is 4.68 Å². The average molecular weight is 335 g/mol. The predicted octanol–water partition coefficient (Wildman–Crippen LogP) is 3.65. The Bertz CT molecular complexity index is 811. The first-order chi connectivity index (χ1) is 12.4. The highest BCUT2D eigenvalue weighted by molar-refractivity contribution is 5.57. The average Bonchev–Trinajstić information content (AvgIpc) is 3.35. The Morgan fingerprint density at radius 3 is 2.84 bits per heavy atom. The molecule has 1 saturated heterocycles. The summed E-state index contributed by atoms with van der Waals surface area (Å²) in [5.74, 6) is 0.870. The van der Waals surface area contributed by atoms with Gasteiger partial charge in [-0.2, -0.15) is 5.10 Å². The van der Waals surface area contributed by atoms with Gasteiger partial charge in [0, 0.05) is 25.4 Å². The zero-order chi connectivity index (χ0) is 16.9. The van der Waals surface area contributed by atoms with Crippen molar-refractivity contribution in [1.82, 2.24) is 9.78 Å². The van der Waals surface area contributed by atoms with Crippen LogP contribution in [-0.4, -0.2) is 29.1 Å². The fraction of sp³-hybridized carbons (Fsp3) is 0.250. The molecule has 2 heterocycles. The number of aromatic nitrogens is 2. The molecule has 0 saturated carbocycles. The van der Waals surface area contributed by atoms with Gasteiger partial charge in [0.25, 0.3) is 0 Å². The molecule has 1 aromatic heterocycles. The van der Waals surface area contributed by atoms with Gasteiger partial charge < -0.3 is 14.8 Å². The summed E-state index contributed by atoms with van der Waals surface area (Å²) in [5.41, 5.74) is 3.23. The quantitative estimate of drug-likeness (QED) is 0.747. The van der Waals surface area contributed by atoms with Crippen molar-refractivity contribution < 1.29 is 9.47 Å². The van der Waals surface area contributed by atoms with Crippen LogP contribution in [0.3, 0.4) is 0 Å². The number of rotatable bonds is 6. The van der Waals surface area contributed by atoms with Crippen LogP contribution in [0.1, 0.15) is 12.0 Å². The van der Waals surface area contributed by atoms with E-state index in [4.69, 9.17) is 9.47 Å². The summed E-state index contributed by atoms with van der Waals surface area (Å²) in [6, 6.07) is 18.2. The number of nitrogens with one attached hydrogen (secondary N) is 1. The Kier molecular flexibility index (Phi) is 4.65. The zero-order valence-corrected chi connectivity index (χ0v) is 14.0. The van der Waals surface area contributed by atoms with Crippen molar-refractivity contribution in [3.8, 4) is 11.4 Å². The third-order valence-electron chi connectivity index (χ3n) is 4.28.